The summed E-state index contributed by atoms with van der Waals surface area (Å²) in [5.74, 6) is -0.151. The lowest BCUT2D eigenvalue weighted by molar-refractivity contribution is -0.145. The molecule has 2 aromatic heterocycles. The van der Waals surface area contributed by atoms with Gasteiger partial charge in [0, 0.05) is 0 Å². The third-order valence-corrected chi connectivity index (χ3v) is 3.39. The maximum Gasteiger partial charge on any atom is 0.344 e. The smallest absolute Gasteiger partial charge is 0.344 e. The average molecular weight is 328 g/mol. The van der Waals surface area contributed by atoms with Crippen molar-refractivity contribution in [2.75, 3.05) is 13.2 Å². The van der Waals surface area contributed by atoms with Crippen molar-refractivity contribution in [3.63, 3.8) is 0 Å². The Labute approximate surface area is 137 Å². The molecule has 0 fully saturated rings. The van der Waals surface area contributed by atoms with Gasteiger partial charge in [-0.05, 0) is 38.1 Å². The predicted molar refractivity (Wildman–Crippen MR) is 87.1 cm³/mol. The fraction of sp³-hybridized carbons (Fsp3) is 0.222. The SMILES string of the molecule is CCOC(=O)COc1c(-c2ccco2)oc2ccc(C)cc2c1=O. The second-order valence-corrected chi connectivity index (χ2v) is 5.16. The van der Waals surface area contributed by atoms with E-state index in [1.165, 1.54) is 6.26 Å². The molecular weight excluding hydrogens is 312 g/mol. The van der Waals surface area contributed by atoms with Gasteiger partial charge >= 0.3 is 5.97 Å². The summed E-state index contributed by atoms with van der Waals surface area (Å²) in [6.07, 6.45) is 1.46. The molecule has 124 valence electrons. The van der Waals surface area contributed by atoms with E-state index in [0.717, 1.165) is 5.56 Å². The van der Waals surface area contributed by atoms with E-state index in [4.69, 9.17) is 18.3 Å². The molecule has 6 nitrogen and oxygen atoms in total. The molecule has 3 rings (SSSR count). The van der Waals surface area contributed by atoms with Crippen molar-refractivity contribution in [1.29, 1.82) is 0 Å². The maximum atomic E-state index is 12.8. The molecular formula is C18H16O6. The Hall–Kier alpha value is -3.02. The fourth-order valence-corrected chi connectivity index (χ4v) is 2.33. The molecule has 24 heavy (non-hydrogen) atoms. The van der Waals surface area contributed by atoms with Crippen molar-refractivity contribution in [2.24, 2.45) is 0 Å². The number of carbonyl (C=O) groups is 1. The highest BCUT2D eigenvalue weighted by Crippen LogP contribution is 2.31. The van der Waals surface area contributed by atoms with Crippen LogP contribution in [0, 0.1) is 6.92 Å². The van der Waals surface area contributed by atoms with Gasteiger partial charge in [0.05, 0.1) is 18.3 Å². The molecule has 0 aliphatic heterocycles. The first-order valence-corrected chi connectivity index (χ1v) is 7.50. The van der Waals surface area contributed by atoms with Crippen LogP contribution in [0.15, 0.2) is 50.2 Å². The van der Waals surface area contributed by atoms with Crippen molar-refractivity contribution < 1.29 is 23.1 Å². The highest BCUT2D eigenvalue weighted by Gasteiger charge is 2.20. The Morgan fingerprint density at radius 2 is 2.08 bits per heavy atom. The van der Waals surface area contributed by atoms with Crippen LogP contribution in [0.4, 0.5) is 0 Å². The molecule has 0 atom stereocenters. The van der Waals surface area contributed by atoms with E-state index in [9.17, 15) is 9.59 Å². The largest absolute Gasteiger partial charge is 0.474 e. The molecule has 0 amide bonds. The zero-order valence-electron chi connectivity index (χ0n) is 13.3. The van der Waals surface area contributed by atoms with Crippen molar-refractivity contribution in [2.45, 2.75) is 13.8 Å². The Kier molecular flexibility index (Phi) is 4.37. The fourth-order valence-electron chi connectivity index (χ4n) is 2.33. The van der Waals surface area contributed by atoms with Gasteiger partial charge in [0.15, 0.2) is 12.4 Å². The van der Waals surface area contributed by atoms with Crippen LogP contribution >= 0.6 is 0 Å². The molecule has 0 radical (unpaired) electrons. The second kappa shape index (κ2) is 6.62. The number of rotatable bonds is 5. The molecule has 0 aliphatic carbocycles. The molecule has 0 unspecified atom stereocenters. The van der Waals surface area contributed by atoms with Gasteiger partial charge in [0.25, 0.3) is 0 Å². The van der Waals surface area contributed by atoms with E-state index in [0.29, 0.717) is 16.7 Å². The zero-order valence-corrected chi connectivity index (χ0v) is 13.3. The summed E-state index contributed by atoms with van der Waals surface area (Å²) in [6.45, 7) is 3.42. The van der Waals surface area contributed by atoms with Gasteiger partial charge < -0.3 is 18.3 Å². The second-order valence-electron chi connectivity index (χ2n) is 5.16. The highest BCUT2D eigenvalue weighted by molar-refractivity contribution is 5.82. The first kappa shape index (κ1) is 15.9. The number of esters is 1. The van der Waals surface area contributed by atoms with Crippen molar-refractivity contribution in [3.8, 4) is 17.3 Å². The van der Waals surface area contributed by atoms with Crippen LogP contribution in [-0.2, 0) is 9.53 Å². The van der Waals surface area contributed by atoms with Crippen LogP contribution in [-0.4, -0.2) is 19.2 Å². The van der Waals surface area contributed by atoms with E-state index in [-0.39, 0.29) is 30.2 Å². The molecule has 1 aromatic carbocycles. The number of ether oxygens (including phenoxy) is 2. The minimum atomic E-state index is -0.563. The first-order valence-electron chi connectivity index (χ1n) is 7.50. The van der Waals surface area contributed by atoms with Crippen LogP contribution in [0.2, 0.25) is 0 Å². The van der Waals surface area contributed by atoms with Gasteiger partial charge in [0.1, 0.15) is 5.58 Å². The number of carbonyl (C=O) groups excluding carboxylic acids is 1. The number of furan rings is 1. The lowest BCUT2D eigenvalue weighted by Crippen LogP contribution is -2.18. The van der Waals surface area contributed by atoms with E-state index in [1.807, 2.05) is 13.0 Å². The number of hydrogen-bond donors (Lipinski definition) is 0. The molecule has 0 spiro atoms. The number of benzene rings is 1. The third kappa shape index (κ3) is 3.03. The Bertz CT molecular complexity index is 921. The molecule has 0 saturated heterocycles. The van der Waals surface area contributed by atoms with E-state index < -0.39 is 5.97 Å². The summed E-state index contributed by atoms with van der Waals surface area (Å²) < 4.78 is 21.3. The van der Waals surface area contributed by atoms with Crippen molar-refractivity contribution >= 4 is 16.9 Å². The molecule has 0 N–H and O–H groups in total. The van der Waals surface area contributed by atoms with Crippen LogP contribution < -0.4 is 10.2 Å². The summed E-state index contributed by atoms with van der Waals surface area (Å²) in [6, 6.07) is 8.59. The maximum absolute atomic E-state index is 12.8. The lowest BCUT2D eigenvalue weighted by Gasteiger charge is -2.10. The van der Waals surface area contributed by atoms with Gasteiger partial charge in [-0.15, -0.1) is 0 Å². The van der Waals surface area contributed by atoms with Crippen LogP contribution in [0.3, 0.4) is 0 Å². The molecule has 6 heteroatoms. The van der Waals surface area contributed by atoms with Crippen molar-refractivity contribution in [3.05, 3.63) is 52.4 Å². The summed E-state index contributed by atoms with van der Waals surface area (Å²) >= 11 is 0. The number of aryl methyl sites for hydroxylation is 1. The summed E-state index contributed by atoms with van der Waals surface area (Å²) in [5, 5.41) is 0.379. The molecule has 3 aromatic rings. The van der Waals surface area contributed by atoms with E-state index in [1.54, 1.807) is 31.2 Å². The predicted octanol–water partition coefficient (Wildman–Crippen LogP) is 3.30. The van der Waals surface area contributed by atoms with Gasteiger partial charge in [0.2, 0.25) is 16.9 Å². The zero-order chi connectivity index (χ0) is 17.1. The van der Waals surface area contributed by atoms with Crippen molar-refractivity contribution in [1.82, 2.24) is 0 Å². The minimum Gasteiger partial charge on any atom is -0.474 e. The number of fused-ring (bicyclic) bond motifs is 1. The minimum absolute atomic E-state index is 0.0731. The summed E-state index contributed by atoms with van der Waals surface area (Å²) in [7, 11) is 0. The van der Waals surface area contributed by atoms with E-state index >= 15 is 0 Å². The van der Waals surface area contributed by atoms with Gasteiger partial charge in [-0.1, -0.05) is 11.6 Å². The Morgan fingerprint density at radius 3 is 2.79 bits per heavy atom. The van der Waals surface area contributed by atoms with E-state index in [2.05, 4.69) is 0 Å². The summed E-state index contributed by atoms with van der Waals surface area (Å²) in [4.78, 5) is 24.3. The molecule has 0 saturated carbocycles. The topological polar surface area (TPSA) is 78.9 Å². The monoisotopic (exact) mass is 328 g/mol. The normalized spacial score (nSPS) is 10.8. The standard InChI is InChI=1S/C18H16O6/c1-3-21-15(19)10-23-18-16(20)12-9-11(2)6-7-13(12)24-17(18)14-5-4-8-22-14/h4-9H,3,10H2,1-2H3. The Balaban J connectivity index is 2.12. The van der Waals surface area contributed by atoms with Crippen LogP contribution in [0.5, 0.6) is 5.75 Å². The van der Waals surface area contributed by atoms with Gasteiger partial charge in [-0.3, -0.25) is 4.79 Å². The first-order chi connectivity index (χ1) is 11.6. The molecule has 2 heterocycles. The molecule has 0 aliphatic rings. The van der Waals surface area contributed by atoms with Gasteiger partial charge in [-0.25, -0.2) is 4.79 Å². The molecule has 0 bridgehead atoms. The Morgan fingerprint density at radius 1 is 1.25 bits per heavy atom. The quantitative estimate of drug-likeness (QED) is 0.669. The summed E-state index contributed by atoms with van der Waals surface area (Å²) in [5.41, 5.74) is 0.966. The van der Waals surface area contributed by atoms with Crippen LogP contribution in [0.1, 0.15) is 12.5 Å². The highest BCUT2D eigenvalue weighted by atomic mass is 16.6. The van der Waals surface area contributed by atoms with Gasteiger partial charge in [-0.2, -0.15) is 0 Å². The average Bonchev–Trinajstić information content (AvgIpc) is 3.09. The third-order valence-electron chi connectivity index (χ3n) is 3.39. The van der Waals surface area contributed by atoms with Crippen LogP contribution in [0.25, 0.3) is 22.5 Å². The number of hydrogen-bond acceptors (Lipinski definition) is 6. The lowest BCUT2D eigenvalue weighted by atomic mass is 10.1.